The van der Waals surface area contributed by atoms with Gasteiger partial charge in [-0.1, -0.05) is 140 Å². The molecule has 2 heterocycles. The summed E-state index contributed by atoms with van der Waals surface area (Å²) in [6.45, 7) is 1.99. The Bertz CT molecular complexity index is 1430. The standard InChI is InChI=1S/C40H72O13S3/c1-2-3-4-5-14-20-25-30-37(50-54(42,43)44)34-36-29-24-19-15-11-9-12-17-22-27-32-39-35-38(51-55(45,46)53-56(47,48)52-39)31-26-21-16-10-7-6-8-13-18-23-28-33-40(41)49-36/h2-3,28,33,36-39H,4-27,29-32,34-35H2,1H3,(H,42,43,44)/b3-2+,33-28+. The number of cyclic esters (lactones) is 1. The van der Waals surface area contributed by atoms with Crippen molar-refractivity contribution in [2.24, 2.45) is 0 Å². The van der Waals surface area contributed by atoms with Gasteiger partial charge in [-0.25, -0.2) is 17.3 Å². The molecule has 0 aliphatic carbocycles. The molecule has 0 amide bonds. The van der Waals surface area contributed by atoms with Crippen molar-refractivity contribution in [2.75, 3.05) is 0 Å². The van der Waals surface area contributed by atoms with Gasteiger partial charge in [-0.3, -0.25) is 4.55 Å². The Morgan fingerprint density at radius 3 is 1.73 bits per heavy atom. The summed E-state index contributed by atoms with van der Waals surface area (Å²) in [6, 6.07) is 0. The van der Waals surface area contributed by atoms with Gasteiger partial charge in [0, 0.05) is 18.9 Å². The van der Waals surface area contributed by atoms with Crippen molar-refractivity contribution in [3.05, 3.63) is 24.3 Å². The molecule has 2 aliphatic heterocycles. The van der Waals surface area contributed by atoms with Crippen LogP contribution < -0.4 is 0 Å². The fourth-order valence-electron chi connectivity index (χ4n) is 7.46. The van der Waals surface area contributed by atoms with Crippen LogP contribution in [0.2, 0.25) is 0 Å². The highest BCUT2D eigenvalue weighted by Gasteiger charge is 2.35. The zero-order valence-electron chi connectivity index (χ0n) is 33.9. The lowest BCUT2D eigenvalue weighted by Gasteiger charge is -2.25. The first-order chi connectivity index (χ1) is 26.8. The average Bonchev–Trinajstić information content (AvgIpc) is 3.09. The number of unbranched alkanes of at least 4 members (excludes halogenated alkanes) is 4. The smallest absolute Gasteiger partial charge is 0.416 e. The lowest BCUT2D eigenvalue weighted by Crippen LogP contribution is -2.34. The Morgan fingerprint density at radius 1 is 0.732 bits per heavy atom. The summed E-state index contributed by atoms with van der Waals surface area (Å²) in [5.41, 5.74) is 0. The molecule has 56 heavy (non-hydrogen) atoms. The molecule has 4 unspecified atom stereocenters. The van der Waals surface area contributed by atoms with Crippen LogP contribution in [0.25, 0.3) is 0 Å². The van der Waals surface area contributed by atoms with Gasteiger partial charge in [0.2, 0.25) is 0 Å². The predicted octanol–water partition coefficient (Wildman–Crippen LogP) is 10.2. The van der Waals surface area contributed by atoms with Crippen LogP contribution in [0.3, 0.4) is 0 Å². The molecule has 2 bridgehead atoms. The van der Waals surface area contributed by atoms with Gasteiger partial charge in [-0.05, 0) is 64.7 Å². The molecule has 0 aromatic carbocycles. The van der Waals surface area contributed by atoms with Gasteiger partial charge >= 0.3 is 37.2 Å². The monoisotopic (exact) mass is 856 g/mol. The highest BCUT2D eigenvalue weighted by Crippen LogP contribution is 2.27. The minimum absolute atomic E-state index is 0.169. The minimum atomic E-state index is -4.74. The topological polar surface area (TPSA) is 186 Å². The fourth-order valence-corrected chi connectivity index (χ4v) is 10.1. The van der Waals surface area contributed by atoms with Gasteiger partial charge in [-0.15, -0.1) is 3.63 Å². The Balaban J connectivity index is 1.96. The Labute approximate surface area is 339 Å². The third kappa shape index (κ3) is 28.1. The van der Waals surface area contributed by atoms with Crippen molar-refractivity contribution in [1.29, 1.82) is 0 Å². The number of allylic oxidation sites excluding steroid dienone is 3. The van der Waals surface area contributed by atoms with Crippen LogP contribution in [0, 0.1) is 0 Å². The van der Waals surface area contributed by atoms with E-state index in [4.69, 9.17) is 17.3 Å². The first kappa shape index (κ1) is 50.7. The van der Waals surface area contributed by atoms with E-state index in [2.05, 4.69) is 9.71 Å². The first-order valence-electron chi connectivity index (χ1n) is 21.5. The SMILES string of the molecule is C/C=C/CCCCCCC(CC1CCCCCCCCCCCC2CC(CCCCCCCCCCC/C=C/C(=O)O1)OS(=O)(=O)OS(=O)(=O)O2)OS(=O)(=O)O. The van der Waals surface area contributed by atoms with Gasteiger partial charge in [-0.2, -0.15) is 25.3 Å². The minimum Gasteiger partial charge on any atom is -0.459 e. The maximum absolute atomic E-state index is 12.8. The number of carbonyl (C=O) groups is 1. The Hall–Kier alpha value is -1.40. The highest BCUT2D eigenvalue weighted by atomic mass is 32.3. The molecule has 13 nitrogen and oxygen atoms in total. The van der Waals surface area contributed by atoms with Gasteiger partial charge in [0.1, 0.15) is 6.10 Å². The van der Waals surface area contributed by atoms with Crippen LogP contribution in [-0.4, -0.2) is 60.2 Å². The molecule has 1 fully saturated rings. The lowest BCUT2D eigenvalue weighted by atomic mass is 9.99. The third-order valence-corrected chi connectivity index (χ3v) is 13.2. The molecule has 1 saturated heterocycles. The summed E-state index contributed by atoms with van der Waals surface area (Å²) in [4.78, 5) is 12.8. The molecule has 1 N–H and O–H groups in total. The number of esters is 1. The maximum atomic E-state index is 12.8. The largest absolute Gasteiger partial charge is 0.459 e. The molecular weight excluding hydrogens is 785 g/mol. The molecule has 0 saturated carbocycles. The quantitative estimate of drug-likeness (QED) is 0.0896. The maximum Gasteiger partial charge on any atom is 0.416 e. The fraction of sp³-hybridized carbons (Fsp3) is 0.875. The van der Waals surface area contributed by atoms with Crippen LogP contribution in [0.5, 0.6) is 0 Å². The van der Waals surface area contributed by atoms with Crippen LogP contribution in [0.15, 0.2) is 24.3 Å². The molecule has 0 spiro atoms. The summed E-state index contributed by atoms with van der Waals surface area (Å²) in [5, 5.41) is 0. The number of hydrogen-bond acceptors (Lipinski definition) is 12. The van der Waals surface area contributed by atoms with Gasteiger partial charge in [0.15, 0.2) is 0 Å². The molecule has 2 rings (SSSR count). The molecule has 2 aliphatic rings. The van der Waals surface area contributed by atoms with E-state index in [1.165, 1.54) is 6.08 Å². The zero-order chi connectivity index (χ0) is 41.0. The van der Waals surface area contributed by atoms with Crippen LogP contribution in [-0.2, 0) is 56.9 Å². The summed E-state index contributed by atoms with van der Waals surface area (Å²) in [6.07, 6.45) is 29.9. The van der Waals surface area contributed by atoms with Crippen molar-refractivity contribution in [3.8, 4) is 0 Å². The first-order valence-corrected chi connectivity index (χ1v) is 25.5. The van der Waals surface area contributed by atoms with Crippen molar-refractivity contribution in [2.45, 2.75) is 224 Å². The number of ether oxygens (including phenoxy) is 1. The van der Waals surface area contributed by atoms with Crippen molar-refractivity contribution in [1.82, 2.24) is 0 Å². The van der Waals surface area contributed by atoms with E-state index in [0.717, 1.165) is 154 Å². The number of hydrogen-bond donors (Lipinski definition) is 1. The van der Waals surface area contributed by atoms with Crippen molar-refractivity contribution >= 4 is 37.2 Å². The van der Waals surface area contributed by atoms with Crippen LogP contribution in [0.1, 0.15) is 200 Å². The molecule has 0 radical (unpaired) electrons. The van der Waals surface area contributed by atoms with Crippen molar-refractivity contribution in [3.63, 3.8) is 0 Å². The average molecular weight is 857 g/mol. The molecule has 0 aromatic heterocycles. The molecule has 4 atom stereocenters. The highest BCUT2D eigenvalue weighted by molar-refractivity contribution is 7.95. The van der Waals surface area contributed by atoms with Crippen LogP contribution >= 0.6 is 0 Å². The summed E-state index contributed by atoms with van der Waals surface area (Å²) in [5.74, 6) is -0.450. The van der Waals surface area contributed by atoms with E-state index in [0.29, 0.717) is 25.7 Å². The number of rotatable bonds is 11. The van der Waals surface area contributed by atoms with Gasteiger partial charge in [0.05, 0.1) is 18.3 Å². The Morgan fingerprint density at radius 2 is 1.21 bits per heavy atom. The predicted molar refractivity (Wildman–Crippen MR) is 217 cm³/mol. The van der Waals surface area contributed by atoms with E-state index < -0.39 is 61.6 Å². The molecular formula is C40H72O13S3. The van der Waals surface area contributed by atoms with E-state index in [1.54, 1.807) is 0 Å². The molecule has 16 heteroatoms. The Kier molecular flexibility index (Phi) is 27.0. The third-order valence-electron chi connectivity index (χ3n) is 10.4. The van der Waals surface area contributed by atoms with E-state index in [-0.39, 0.29) is 12.8 Å². The number of fused-ring (bicyclic) bond motifs is 2. The van der Waals surface area contributed by atoms with Crippen LogP contribution in [0.4, 0.5) is 0 Å². The molecule has 328 valence electrons. The lowest BCUT2D eigenvalue weighted by molar-refractivity contribution is -0.144. The van der Waals surface area contributed by atoms with E-state index in [1.807, 2.05) is 19.1 Å². The molecule has 0 aromatic rings. The van der Waals surface area contributed by atoms with E-state index >= 15 is 0 Å². The van der Waals surface area contributed by atoms with E-state index in [9.17, 15) is 34.6 Å². The summed E-state index contributed by atoms with van der Waals surface area (Å²) in [7, 11) is -14.1. The zero-order valence-corrected chi connectivity index (χ0v) is 36.4. The second-order valence-electron chi connectivity index (χ2n) is 15.5. The second kappa shape index (κ2) is 29.8. The normalized spacial score (nSPS) is 26.9. The van der Waals surface area contributed by atoms with Gasteiger partial charge < -0.3 is 4.74 Å². The summed E-state index contributed by atoms with van der Waals surface area (Å²) < 4.78 is 107. The second-order valence-corrected chi connectivity index (χ2v) is 19.1. The van der Waals surface area contributed by atoms with Gasteiger partial charge in [0.25, 0.3) is 0 Å². The number of carbonyl (C=O) groups excluding carboxylic acids is 1. The van der Waals surface area contributed by atoms with Crippen molar-refractivity contribution < 1.29 is 55.5 Å². The summed E-state index contributed by atoms with van der Waals surface area (Å²) >= 11 is 0.